The molecular formula is C9H13NO. The lowest BCUT2D eigenvalue weighted by molar-refractivity contribution is 0.313. The molecule has 2 heteroatoms. The van der Waals surface area contributed by atoms with Crippen molar-refractivity contribution >= 4 is 5.71 Å². The second kappa shape index (κ2) is 2.68. The Hall–Kier alpha value is -0.790. The fourth-order valence-corrected chi connectivity index (χ4v) is 2.19. The lowest BCUT2D eigenvalue weighted by atomic mass is 10.0. The summed E-state index contributed by atoms with van der Waals surface area (Å²) in [5.74, 6) is 1.09. The highest BCUT2D eigenvalue weighted by Gasteiger charge is 2.32. The molecule has 2 atom stereocenters. The monoisotopic (exact) mass is 151 g/mol. The predicted molar refractivity (Wildman–Crippen MR) is 43.8 cm³/mol. The van der Waals surface area contributed by atoms with Crippen molar-refractivity contribution in [2.75, 3.05) is 0 Å². The number of hydrogen-bond acceptors (Lipinski definition) is 2. The van der Waals surface area contributed by atoms with Crippen molar-refractivity contribution in [1.29, 1.82) is 0 Å². The van der Waals surface area contributed by atoms with Crippen LogP contribution in [0.25, 0.3) is 0 Å². The highest BCUT2D eigenvalue weighted by molar-refractivity contribution is 5.90. The molecule has 2 aliphatic carbocycles. The zero-order valence-corrected chi connectivity index (χ0v) is 6.53. The van der Waals surface area contributed by atoms with Gasteiger partial charge in [0.1, 0.15) is 0 Å². The van der Waals surface area contributed by atoms with Crippen LogP contribution >= 0.6 is 0 Å². The number of hydrogen-bond donors (Lipinski definition) is 1. The molecule has 2 nitrogen and oxygen atoms in total. The molecule has 0 aliphatic heterocycles. The third-order valence-corrected chi connectivity index (χ3v) is 2.82. The molecule has 0 aromatic carbocycles. The normalized spacial score (nSPS) is 39.5. The topological polar surface area (TPSA) is 32.6 Å². The molecule has 11 heavy (non-hydrogen) atoms. The van der Waals surface area contributed by atoms with Gasteiger partial charge in [0, 0.05) is 11.8 Å². The van der Waals surface area contributed by atoms with Gasteiger partial charge in [-0.3, -0.25) is 0 Å². The van der Waals surface area contributed by atoms with Crippen molar-refractivity contribution in [3.05, 3.63) is 12.2 Å². The summed E-state index contributed by atoms with van der Waals surface area (Å²) in [5, 5.41) is 12.2. The zero-order valence-electron chi connectivity index (χ0n) is 6.53. The van der Waals surface area contributed by atoms with Crippen molar-refractivity contribution in [2.24, 2.45) is 17.0 Å². The summed E-state index contributed by atoms with van der Waals surface area (Å²) in [4.78, 5) is 0. The van der Waals surface area contributed by atoms with Gasteiger partial charge >= 0.3 is 0 Å². The zero-order chi connectivity index (χ0) is 7.68. The molecule has 0 aromatic heterocycles. The van der Waals surface area contributed by atoms with Gasteiger partial charge in [0.25, 0.3) is 0 Å². The fraction of sp³-hybridized carbons (Fsp3) is 0.667. The molecule has 1 fully saturated rings. The molecule has 0 aromatic rings. The van der Waals surface area contributed by atoms with E-state index in [0.29, 0.717) is 11.8 Å². The van der Waals surface area contributed by atoms with E-state index in [1.165, 1.54) is 12.8 Å². The quantitative estimate of drug-likeness (QED) is 0.321. The summed E-state index contributed by atoms with van der Waals surface area (Å²) < 4.78 is 0. The van der Waals surface area contributed by atoms with E-state index in [-0.39, 0.29) is 0 Å². The van der Waals surface area contributed by atoms with Gasteiger partial charge in [-0.25, -0.2) is 0 Å². The van der Waals surface area contributed by atoms with Crippen LogP contribution in [0.15, 0.2) is 17.3 Å². The third kappa shape index (κ3) is 1.06. The fourth-order valence-electron chi connectivity index (χ4n) is 2.19. The maximum Gasteiger partial charge on any atom is 0.0638 e. The Morgan fingerprint density at radius 1 is 1.18 bits per heavy atom. The van der Waals surface area contributed by atoms with E-state index in [9.17, 15) is 0 Å². The van der Waals surface area contributed by atoms with E-state index in [0.717, 1.165) is 18.6 Å². The Morgan fingerprint density at radius 3 is 2.18 bits per heavy atom. The van der Waals surface area contributed by atoms with Crippen LogP contribution in [-0.2, 0) is 0 Å². The van der Waals surface area contributed by atoms with Gasteiger partial charge in [0.05, 0.1) is 5.71 Å². The molecule has 0 spiro atoms. The standard InChI is InChI=1S/C9H13NO/c11-10-9-7-3-1-2-4-8(9)6-5-7/h1-2,7-8,11H,3-6H2/t7-,8+. The molecule has 1 N–H and O–H groups in total. The van der Waals surface area contributed by atoms with Crippen molar-refractivity contribution < 1.29 is 5.21 Å². The first-order valence-electron chi connectivity index (χ1n) is 4.28. The van der Waals surface area contributed by atoms with Crippen molar-refractivity contribution in [3.63, 3.8) is 0 Å². The molecule has 2 aliphatic rings. The Bertz CT molecular complexity index is 190. The summed E-state index contributed by atoms with van der Waals surface area (Å²) in [5.41, 5.74) is 1.05. The minimum atomic E-state index is 0.545. The SMILES string of the molecule is ON=C1[C@@H]2CC=CC[C@H]1CC2. The Balaban J connectivity index is 2.25. The Morgan fingerprint density at radius 2 is 1.73 bits per heavy atom. The van der Waals surface area contributed by atoms with Gasteiger partial charge in [0.2, 0.25) is 0 Å². The molecule has 1 saturated carbocycles. The second-order valence-corrected chi connectivity index (χ2v) is 3.44. The highest BCUT2D eigenvalue weighted by atomic mass is 16.4. The van der Waals surface area contributed by atoms with E-state index in [4.69, 9.17) is 5.21 Å². The van der Waals surface area contributed by atoms with Crippen LogP contribution in [0.2, 0.25) is 0 Å². The number of fused-ring (bicyclic) bond motifs is 2. The van der Waals surface area contributed by atoms with Crippen LogP contribution in [0.3, 0.4) is 0 Å². The molecule has 2 rings (SSSR count). The Kier molecular flexibility index (Phi) is 1.68. The van der Waals surface area contributed by atoms with Crippen molar-refractivity contribution in [2.45, 2.75) is 25.7 Å². The first-order chi connectivity index (χ1) is 5.42. The Labute approximate surface area is 66.6 Å². The van der Waals surface area contributed by atoms with Gasteiger partial charge in [-0.05, 0) is 25.7 Å². The molecule has 60 valence electrons. The van der Waals surface area contributed by atoms with Crippen LogP contribution in [0.1, 0.15) is 25.7 Å². The van der Waals surface area contributed by atoms with E-state index in [1.54, 1.807) is 0 Å². The van der Waals surface area contributed by atoms with Crippen LogP contribution in [-0.4, -0.2) is 10.9 Å². The van der Waals surface area contributed by atoms with Crippen LogP contribution in [0.5, 0.6) is 0 Å². The van der Waals surface area contributed by atoms with E-state index in [2.05, 4.69) is 17.3 Å². The summed E-state index contributed by atoms with van der Waals surface area (Å²) in [6.07, 6.45) is 9.03. The number of oxime groups is 1. The van der Waals surface area contributed by atoms with Gasteiger partial charge in [-0.15, -0.1) is 0 Å². The average Bonchev–Trinajstić information content (AvgIpc) is 2.23. The summed E-state index contributed by atoms with van der Waals surface area (Å²) in [6.45, 7) is 0. The minimum Gasteiger partial charge on any atom is -0.411 e. The minimum absolute atomic E-state index is 0.545. The lowest BCUT2D eigenvalue weighted by Crippen LogP contribution is -2.11. The van der Waals surface area contributed by atoms with E-state index >= 15 is 0 Å². The van der Waals surface area contributed by atoms with Gasteiger partial charge in [-0.2, -0.15) is 0 Å². The second-order valence-electron chi connectivity index (χ2n) is 3.44. The molecule has 2 bridgehead atoms. The molecule has 0 saturated heterocycles. The smallest absolute Gasteiger partial charge is 0.0638 e. The van der Waals surface area contributed by atoms with E-state index < -0.39 is 0 Å². The van der Waals surface area contributed by atoms with Crippen LogP contribution in [0, 0.1) is 11.8 Å². The maximum atomic E-state index is 8.76. The average molecular weight is 151 g/mol. The van der Waals surface area contributed by atoms with E-state index in [1.807, 2.05) is 0 Å². The maximum absolute atomic E-state index is 8.76. The molecule has 0 amide bonds. The molecule has 0 radical (unpaired) electrons. The van der Waals surface area contributed by atoms with Gasteiger partial charge < -0.3 is 5.21 Å². The number of rotatable bonds is 0. The van der Waals surface area contributed by atoms with Crippen LogP contribution < -0.4 is 0 Å². The van der Waals surface area contributed by atoms with Crippen molar-refractivity contribution in [3.8, 4) is 0 Å². The molecule has 0 heterocycles. The third-order valence-electron chi connectivity index (χ3n) is 2.82. The summed E-state index contributed by atoms with van der Waals surface area (Å²) in [7, 11) is 0. The first kappa shape index (κ1) is 6.89. The van der Waals surface area contributed by atoms with Gasteiger partial charge in [-0.1, -0.05) is 17.3 Å². The largest absolute Gasteiger partial charge is 0.411 e. The molecule has 0 unspecified atom stereocenters. The highest BCUT2D eigenvalue weighted by Crippen LogP contribution is 2.35. The summed E-state index contributed by atoms with van der Waals surface area (Å²) in [6, 6.07) is 0. The molecular weight excluding hydrogens is 138 g/mol. The van der Waals surface area contributed by atoms with Gasteiger partial charge in [0.15, 0.2) is 0 Å². The lowest BCUT2D eigenvalue weighted by Gasteiger charge is -2.06. The number of allylic oxidation sites excluding steroid dienone is 2. The first-order valence-corrected chi connectivity index (χ1v) is 4.28. The van der Waals surface area contributed by atoms with Crippen molar-refractivity contribution in [1.82, 2.24) is 0 Å². The number of nitrogens with zero attached hydrogens (tertiary/aromatic N) is 1. The predicted octanol–water partition coefficient (Wildman–Crippen LogP) is 2.19. The summed E-state index contributed by atoms with van der Waals surface area (Å²) >= 11 is 0. The van der Waals surface area contributed by atoms with Crippen LogP contribution in [0.4, 0.5) is 0 Å².